The highest BCUT2D eigenvalue weighted by molar-refractivity contribution is 5.18. The second-order valence-electron chi connectivity index (χ2n) is 4.11. The van der Waals surface area contributed by atoms with Crippen molar-refractivity contribution in [2.75, 3.05) is 0 Å². The fourth-order valence-electron chi connectivity index (χ4n) is 1.96. The Hall–Kier alpha value is -1.72. The zero-order chi connectivity index (χ0) is 12.3. The van der Waals surface area contributed by atoms with Gasteiger partial charge in [0.1, 0.15) is 0 Å². The lowest BCUT2D eigenvalue weighted by Crippen LogP contribution is -2.31. The lowest BCUT2D eigenvalue weighted by Gasteiger charge is -2.16. The maximum Gasteiger partial charge on any atom is 0.0669 e. The van der Waals surface area contributed by atoms with Crippen molar-refractivity contribution >= 4 is 0 Å². The molecule has 2 aromatic rings. The van der Waals surface area contributed by atoms with E-state index in [1.54, 1.807) is 12.4 Å². The first kappa shape index (κ1) is 11.8. The van der Waals surface area contributed by atoms with E-state index in [9.17, 15) is 0 Å². The molecule has 1 atom stereocenters. The Morgan fingerprint density at radius 2 is 2.12 bits per heavy atom. The SMILES string of the molecule is Cc1cc(C(Cc2ccncc2)NN)n(C)n1. The summed E-state index contributed by atoms with van der Waals surface area (Å²) in [6.45, 7) is 1.98. The molecule has 0 aliphatic rings. The number of hydrogen-bond acceptors (Lipinski definition) is 4. The van der Waals surface area contributed by atoms with Crippen LogP contribution in [0.4, 0.5) is 0 Å². The molecule has 0 saturated carbocycles. The summed E-state index contributed by atoms with van der Waals surface area (Å²) >= 11 is 0. The van der Waals surface area contributed by atoms with Gasteiger partial charge in [0.05, 0.1) is 17.4 Å². The molecule has 5 nitrogen and oxygen atoms in total. The molecule has 0 fully saturated rings. The van der Waals surface area contributed by atoms with Crippen LogP contribution in [0.25, 0.3) is 0 Å². The number of rotatable bonds is 4. The molecule has 0 amide bonds. The minimum Gasteiger partial charge on any atom is -0.271 e. The van der Waals surface area contributed by atoms with Gasteiger partial charge in [-0.1, -0.05) is 0 Å². The molecule has 0 spiro atoms. The Balaban J connectivity index is 2.20. The van der Waals surface area contributed by atoms with E-state index in [4.69, 9.17) is 5.84 Å². The van der Waals surface area contributed by atoms with E-state index < -0.39 is 0 Å². The third-order valence-corrected chi connectivity index (χ3v) is 2.79. The van der Waals surface area contributed by atoms with Crippen LogP contribution in [0.3, 0.4) is 0 Å². The van der Waals surface area contributed by atoms with Crippen molar-refractivity contribution in [3.8, 4) is 0 Å². The van der Waals surface area contributed by atoms with Gasteiger partial charge in [0.2, 0.25) is 0 Å². The second-order valence-corrected chi connectivity index (χ2v) is 4.11. The quantitative estimate of drug-likeness (QED) is 0.605. The van der Waals surface area contributed by atoms with Gasteiger partial charge < -0.3 is 0 Å². The summed E-state index contributed by atoms with van der Waals surface area (Å²) in [5.74, 6) is 5.62. The van der Waals surface area contributed by atoms with Crippen LogP contribution in [0.2, 0.25) is 0 Å². The molecule has 3 N–H and O–H groups in total. The third kappa shape index (κ3) is 2.69. The Morgan fingerprint density at radius 1 is 1.41 bits per heavy atom. The molecule has 2 heterocycles. The first-order valence-electron chi connectivity index (χ1n) is 5.56. The number of nitrogens with two attached hydrogens (primary N) is 1. The summed E-state index contributed by atoms with van der Waals surface area (Å²) in [6, 6.07) is 6.09. The summed E-state index contributed by atoms with van der Waals surface area (Å²) < 4.78 is 1.86. The molecule has 0 radical (unpaired) electrons. The van der Waals surface area contributed by atoms with Gasteiger partial charge in [-0.15, -0.1) is 0 Å². The topological polar surface area (TPSA) is 68.8 Å². The van der Waals surface area contributed by atoms with Crippen LogP contribution in [0.15, 0.2) is 30.6 Å². The highest BCUT2D eigenvalue weighted by Crippen LogP contribution is 2.17. The van der Waals surface area contributed by atoms with Gasteiger partial charge in [-0.3, -0.25) is 20.9 Å². The molecule has 0 aliphatic carbocycles. The monoisotopic (exact) mass is 231 g/mol. The number of pyridine rings is 1. The van der Waals surface area contributed by atoms with Gasteiger partial charge in [0.25, 0.3) is 0 Å². The molecule has 5 heteroatoms. The Bertz CT molecular complexity index is 477. The average Bonchev–Trinajstić information content (AvgIpc) is 2.67. The molecule has 0 aliphatic heterocycles. The van der Waals surface area contributed by atoms with Crippen LogP contribution < -0.4 is 11.3 Å². The van der Waals surface area contributed by atoms with E-state index in [1.807, 2.05) is 36.9 Å². The van der Waals surface area contributed by atoms with Gasteiger partial charge >= 0.3 is 0 Å². The summed E-state index contributed by atoms with van der Waals surface area (Å²) in [7, 11) is 1.93. The van der Waals surface area contributed by atoms with Crippen molar-refractivity contribution in [2.24, 2.45) is 12.9 Å². The largest absolute Gasteiger partial charge is 0.271 e. The second kappa shape index (κ2) is 5.07. The predicted molar refractivity (Wildman–Crippen MR) is 66.0 cm³/mol. The van der Waals surface area contributed by atoms with Crippen LogP contribution >= 0.6 is 0 Å². The van der Waals surface area contributed by atoms with Crippen LogP contribution in [0.5, 0.6) is 0 Å². The Morgan fingerprint density at radius 3 is 2.65 bits per heavy atom. The zero-order valence-electron chi connectivity index (χ0n) is 10.1. The van der Waals surface area contributed by atoms with Crippen LogP contribution in [-0.4, -0.2) is 14.8 Å². The van der Waals surface area contributed by atoms with Gasteiger partial charge in [0, 0.05) is 19.4 Å². The molecule has 0 bridgehead atoms. The van der Waals surface area contributed by atoms with E-state index >= 15 is 0 Å². The number of hydrazine groups is 1. The molecular weight excluding hydrogens is 214 g/mol. The van der Waals surface area contributed by atoms with E-state index in [2.05, 4.69) is 15.5 Å². The van der Waals surface area contributed by atoms with Crippen LogP contribution in [-0.2, 0) is 13.5 Å². The van der Waals surface area contributed by atoms with Gasteiger partial charge in [-0.2, -0.15) is 5.10 Å². The first-order chi connectivity index (χ1) is 8.20. The molecule has 17 heavy (non-hydrogen) atoms. The molecule has 2 aromatic heterocycles. The number of hydrogen-bond donors (Lipinski definition) is 2. The third-order valence-electron chi connectivity index (χ3n) is 2.79. The summed E-state index contributed by atoms with van der Waals surface area (Å²) in [4.78, 5) is 4.00. The normalized spacial score (nSPS) is 12.6. The molecule has 0 saturated heterocycles. The van der Waals surface area contributed by atoms with Crippen molar-refractivity contribution in [1.29, 1.82) is 0 Å². The maximum absolute atomic E-state index is 5.62. The first-order valence-corrected chi connectivity index (χ1v) is 5.56. The minimum atomic E-state index is 0.0589. The minimum absolute atomic E-state index is 0.0589. The fraction of sp³-hybridized carbons (Fsp3) is 0.333. The van der Waals surface area contributed by atoms with E-state index in [1.165, 1.54) is 5.56 Å². The van der Waals surface area contributed by atoms with Crippen molar-refractivity contribution in [3.63, 3.8) is 0 Å². The van der Waals surface area contributed by atoms with Crippen molar-refractivity contribution in [2.45, 2.75) is 19.4 Å². The standard InChI is InChI=1S/C12H17N5/c1-9-7-12(17(2)16-9)11(15-13)8-10-3-5-14-6-4-10/h3-7,11,15H,8,13H2,1-2H3. The van der Waals surface area contributed by atoms with Crippen molar-refractivity contribution in [3.05, 3.63) is 47.5 Å². The molecule has 1 unspecified atom stereocenters. The fourth-order valence-corrected chi connectivity index (χ4v) is 1.96. The smallest absolute Gasteiger partial charge is 0.0669 e. The van der Waals surface area contributed by atoms with Crippen molar-refractivity contribution < 1.29 is 0 Å². The predicted octanol–water partition coefficient (Wildman–Crippen LogP) is 0.871. The van der Waals surface area contributed by atoms with E-state index in [0.717, 1.165) is 17.8 Å². The molecular formula is C12H17N5. The zero-order valence-corrected chi connectivity index (χ0v) is 10.1. The lowest BCUT2D eigenvalue weighted by atomic mass is 10.0. The summed E-state index contributed by atoms with van der Waals surface area (Å²) in [5, 5.41) is 4.33. The number of nitrogens with zero attached hydrogens (tertiary/aromatic N) is 3. The van der Waals surface area contributed by atoms with Gasteiger partial charge in [-0.25, -0.2) is 0 Å². The van der Waals surface area contributed by atoms with E-state index in [0.29, 0.717) is 0 Å². The molecule has 0 aromatic carbocycles. The van der Waals surface area contributed by atoms with Crippen LogP contribution in [0.1, 0.15) is 23.0 Å². The molecule has 2 rings (SSSR count). The highest BCUT2D eigenvalue weighted by Gasteiger charge is 2.15. The van der Waals surface area contributed by atoms with Gasteiger partial charge in [-0.05, 0) is 37.1 Å². The Labute approximate surface area is 101 Å². The van der Waals surface area contributed by atoms with Crippen molar-refractivity contribution in [1.82, 2.24) is 20.2 Å². The maximum atomic E-state index is 5.62. The summed E-state index contributed by atoms with van der Waals surface area (Å²) in [6.07, 6.45) is 4.40. The molecule has 90 valence electrons. The lowest BCUT2D eigenvalue weighted by molar-refractivity contribution is 0.508. The van der Waals surface area contributed by atoms with Gasteiger partial charge in [0.15, 0.2) is 0 Å². The van der Waals surface area contributed by atoms with E-state index in [-0.39, 0.29) is 6.04 Å². The summed E-state index contributed by atoms with van der Waals surface area (Å²) in [5.41, 5.74) is 6.12. The Kier molecular flexibility index (Phi) is 3.51. The highest BCUT2D eigenvalue weighted by atomic mass is 15.3. The number of aromatic nitrogens is 3. The number of aryl methyl sites for hydroxylation is 2. The number of nitrogens with one attached hydrogen (secondary N) is 1. The average molecular weight is 231 g/mol. The van der Waals surface area contributed by atoms with Crippen LogP contribution in [0, 0.1) is 6.92 Å².